The molecule has 5 N–H and O–H groups in total. The number of primary amides is 2. The van der Waals surface area contributed by atoms with Gasteiger partial charge in [-0.2, -0.15) is 0 Å². The molecule has 0 bridgehead atoms. The highest BCUT2D eigenvalue weighted by molar-refractivity contribution is 5.90. The third-order valence-corrected chi connectivity index (χ3v) is 2.07. The van der Waals surface area contributed by atoms with Gasteiger partial charge in [-0.05, 0) is 25.0 Å². The van der Waals surface area contributed by atoms with Gasteiger partial charge in [0.15, 0.2) is 5.69 Å². The summed E-state index contributed by atoms with van der Waals surface area (Å²) in [6, 6.07) is 3.13. The second-order valence-corrected chi connectivity index (χ2v) is 3.52. The lowest BCUT2D eigenvalue weighted by Crippen LogP contribution is -2.14. The van der Waals surface area contributed by atoms with Crippen LogP contribution in [0.25, 0.3) is 0 Å². The number of aromatic nitrogens is 2. The molecular weight excluding hydrogens is 222 g/mol. The van der Waals surface area contributed by atoms with Crippen molar-refractivity contribution in [2.45, 2.75) is 19.3 Å². The molecule has 0 aromatic carbocycles. The van der Waals surface area contributed by atoms with Crippen LogP contribution in [0.1, 0.15) is 29.8 Å². The Labute approximate surface area is 98.6 Å². The molecule has 1 aromatic rings. The monoisotopic (exact) mass is 237 g/mol. The Kier molecular flexibility index (Phi) is 4.86. The molecule has 7 heteroatoms. The maximum Gasteiger partial charge on any atom is 0.269 e. The number of unbranched alkanes of at least 4 members (excludes halogenated alkanes) is 1. The Bertz CT molecular complexity index is 390. The van der Waals surface area contributed by atoms with E-state index in [-0.39, 0.29) is 11.6 Å². The minimum absolute atomic E-state index is 0.129. The van der Waals surface area contributed by atoms with E-state index in [1.807, 2.05) is 0 Å². The maximum absolute atomic E-state index is 10.7. The first-order valence-electron chi connectivity index (χ1n) is 5.25. The number of rotatable bonds is 7. The quantitative estimate of drug-likeness (QED) is 0.559. The van der Waals surface area contributed by atoms with Gasteiger partial charge in [0.05, 0.1) is 0 Å². The number of nitrogens with zero attached hydrogens (tertiary/aromatic N) is 2. The summed E-state index contributed by atoms with van der Waals surface area (Å²) in [5, 5.41) is 10.4. The first-order valence-corrected chi connectivity index (χ1v) is 5.25. The fourth-order valence-corrected chi connectivity index (χ4v) is 1.20. The van der Waals surface area contributed by atoms with Crippen molar-refractivity contribution in [1.82, 2.24) is 10.2 Å². The fraction of sp³-hybridized carbons (Fsp3) is 0.400. The highest BCUT2D eigenvalue weighted by atomic mass is 16.1. The van der Waals surface area contributed by atoms with E-state index < -0.39 is 5.91 Å². The van der Waals surface area contributed by atoms with Crippen LogP contribution in [0.3, 0.4) is 0 Å². The lowest BCUT2D eigenvalue weighted by molar-refractivity contribution is -0.118. The minimum atomic E-state index is -0.606. The summed E-state index contributed by atoms with van der Waals surface area (Å²) in [5.41, 5.74) is 10.2. The molecule has 0 aliphatic rings. The average molecular weight is 237 g/mol. The van der Waals surface area contributed by atoms with Crippen molar-refractivity contribution in [2.24, 2.45) is 11.5 Å². The molecular formula is C10H15N5O2. The molecule has 0 spiro atoms. The molecule has 1 aromatic heterocycles. The molecule has 1 heterocycles. The van der Waals surface area contributed by atoms with E-state index in [0.29, 0.717) is 18.8 Å². The van der Waals surface area contributed by atoms with Gasteiger partial charge in [0.2, 0.25) is 5.91 Å². The number of carbonyl (C=O) groups is 2. The van der Waals surface area contributed by atoms with Gasteiger partial charge in [0.25, 0.3) is 5.91 Å². The van der Waals surface area contributed by atoms with Crippen molar-refractivity contribution in [3.8, 4) is 0 Å². The smallest absolute Gasteiger partial charge is 0.269 e. The molecule has 17 heavy (non-hydrogen) atoms. The van der Waals surface area contributed by atoms with Crippen LogP contribution >= 0.6 is 0 Å². The van der Waals surface area contributed by atoms with Gasteiger partial charge in [0, 0.05) is 13.0 Å². The molecule has 1 rings (SSSR count). The van der Waals surface area contributed by atoms with Crippen LogP contribution < -0.4 is 16.8 Å². The largest absolute Gasteiger partial charge is 0.370 e. The number of anilines is 1. The summed E-state index contributed by atoms with van der Waals surface area (Å²) >= 11 is 0. The van der Waals surface area contributed by atoms with E-state index in [4.69, 9.17) is 11.5 Å². The molecule has 0 radical (unpaired) electrons. The minimum Gasteiger partial charge on any atom is -0.370 e. The molecule has 0 unspecified atom stereocenters. The van der Waals surface area contributed by atoms with Crippen LogP contribution in [0, 0.1) is 0 Å². The third-order valence-electron chi connectivity index (χ3n) is 2.07. The van der Waals surface area contributed by atoms with E-state index in [9.17, 15) is 9.59 Å². The number of nitrogens with one attached hydrogen (secondary N) is 1. The van der Waals surface area contributed by atoms with E-state index in [1.165, 1.54) is 6.07 Å². The van der Waals surface area contributed by atoms with Crippen LogP contribution in [-0.2, 0) is 4.79 Å². The normalized spacial score (nSPS) is 9.88. The Hall–Kier alpha value is -2.18. The van der Waals surface area contributed by atoms with E-state index >= 15 is 0 Å². The van der Waals surface area contributed by atoms with E-state index in [2.05, 4.69) is 15.5 Å². The molecule has 0 aliphatic carbocycles. The van der Waals surface area contributed by atoms with Crippen LogP contribution in [0.4, 0.5) is 5.82 Å². The van der Waals surface area contributed by atoms with Crippen molar-refractivity contribution in [2.75, 3.05) is 11.9 Å². The van der Waals surface area contributed by atoms with Crippen molar-refractivity contribution in [3.63, 3.8) is 0 Å². The maximum atomic E-state index is 10.7. The molecule has 0 saturated carbocycles. The lowest BCUT2D eigenvalue weighted by atomic mass is 10.2. The van der Waals surface area contributed by atoms with Gasteiger partial charge < -0.3 is 16.8 Å². The number of nitrogens with two attached hydrogens (primary N) is 2. The van der Waals surface area contributed by atoms with Gasteiger partial charge in [-0.1, -0.05) is 0 Å². The molecule has 0 saturated heterocycles. The van der Waals surface area contributed by atoms with Crippen LogP contribution in [0.5, 0.6) is 0 Å². The Morgan fingerprint density at radius 1 is 1.18 bits per heavy atom. The topological polar surface area (TPSA) is 124 Å². The highest BCUT2D eigenvalue weighted by Gasteiger charge is 2.02. The first kappa shape index (κ1) is 12.9. The summed E-state index contributed by atoms with van der Waals surface area (Å²) in [5.74, 6) is -0.338. The van der Waals surface area contributed by atoms with Crippen molar-refractivity contribution < 1.29 is 9.59 Å². The summed E-state index contributed by atoms with van der Waals surface area (Å²) in [7, 11) is 0. The number of amides is 2. The molecule has 92 valence electrons. The van der Waals surface area contributed by atoms with Crippen molar-refractivity contribution in [3.05, 3.63) is 17.8 Å². The van der Waals surface area contributed by atoms with E-state index in [0.717, 1.165) is 12.8 Å². The summed E-state index contributed by atoms with van der Waals surface area (Å²) < 4.78 is 0. The zero-order chi connectivity index (χ0) is 12.7. The van der Waals surface area contributed by atoms with Gasteiger partial charge in [0.1, 0.15) is 5.82 Å². The molecule has 0 aliphatic heterocycles. The summed E-state index contributed by atoms with van der Waals surface area (Å²) in [6.07, 6.45) is 1.92. The molecule has 0 fully saturated rings. The fourth-order valence-electron chi connectivity index (χ4n) is 1.20. The number of carbonyl (C=O) groups excluding carboxylic acids is 2. The number of hydrogen-bond acceptors (Lipinski definition) is 5. The Morgan fingerprint density at radius 3 is 2.47 bits per heavy atom. The predicted octanol–water partition coefficient (Wildman–Crippen LogP) is -0.357. The molecule has 7 nitrogen and oxygen atoms in total. The highest BCUT2D eigenvalue weighted by Crippen LogP contribution is 2.02. The predicted molar refractivity (Wildman–Crippen MR) is 62.1 cm³/mol. The van der Waals surface area contributed by atoms with Crippen molar-refractivity contribution >= 4 is 17.6 Å². The Morgan fingerprint density at radius 2 is 1.94 bits per heavy atom. The summed E-state index contributed by atoms with van der Waals surface area (Å²) in [6.45, 7) is 0.665. The van der Waals surface area contributed by atoms with Crippen LogP contribution in [0.15, 0.2) is 12.1 Å². The molecule has 0 atom stereocenters. The second kappa shape index (κ2) is 6.41. The third kappa shape index (κ3) is 4.92. The van der Waals surface area contributed by atoms with Crippen LogP contribution in [-0.4, -0.2) is 28.6 Å². The van der Waals surface area contributed by atoms with Gasteiger partial charge in [-0.3, -0.25) is 9.59 Å². The standard InChI is InChI=1S/C10H15N5O2/c11-8(16)3-1-2-6-13-9-5-4-7(10(12)17)14-15-9/h4-5H,1-3,6H2,(H2,11,16)(H2,12,17)(H,13,15). The van der Waals surface area contributed by atoms with Gasteiger partial charge in [-0.25, -0.2) is 0 Å². The van der Waals surface area contributed by atoms with E-state index in [1.54, 1.807) is 6.07 Å². The number of hydrogen-bond donors (Lipinski definition) is 3. The zero-order valence-corrected chi connectivity index (χ0v) is 9.35. The SMILES string of the molecule is NC(=O)CCCCNc1ccc(C(N)=O)nn1. The van der Waals surface area contributed by atoms with Crippen molar-refractivity contribution in [1.29, 1.82) is 0 Å². The van der Waals surface area contributed by atoms with Crippen LogP contribution in [0.2, 0.25) is 0 Å². The zero-order valence-electron chi connectivity index (χ0n) is 9.35. The average Bonchev–Trinajstić information content (AvgIpc) is 2.29. The van der Waals surface area contributed by atoms with Gasteiger partial charge in [-0.15, -0.1) is 10.2 Å². The van der Waals surface area contributed by atoms with Gasteiger partial charge >= 0.3 is 0 Å². The Balaban J connectivity index is 2.27. The first-order chi connectivity index (χ1) is 8.09. The summed E-state index contributed by atoms with van der Waals surface area (Å²) in [4.78, 5) is 21.2. The second-order valence-electron chi connectivity index (χ2n) is 3.52. The lowest BCUT2D eigenvalue weighted by Gasteiger charge is -2.04. The molecule has 2 amide bonds.